The van der Waals surface area contributed by atoms with E-state index in [4.69, 9.17) is 9.79 Å². The highest BCUT2D eigenvalue weighted by Gasteiger charge is 1.93. The lowest BCUT2D eigenvalue weighted by atomic mass is 11.3. The van der Waals surface area contributed by atoms with Gasteiger partial charge in [0, 0.05) is 0 Å². The van der Waals surface area contributed by atoms with Crippen molar-refractivity contribution in [2.45, 2.75) is 0 Å². The van der Waals surface area contributed by atoms with Crippen molar-refractivity contribution >= 4 is 22.6 Å². The van der Waals surface area contributed by atoms with Crippen LogP contribution in [0.4, 0.5) is 4.79 Å². The van der Waals surface area contributed by atoms with Gasteiger partial charge >= 0.3 is 22.6 Å². The molecule has 2 atom stereocenters. The predicted octanol–water partition coefficient (Wildman–Crippen LogP) is -0.521. The molecule has 0 aromatic heterocycles. The van der Waals surface area contributed by atoms with Crippen molar-refractivity contribution in [3.05, 3.63) is 0 Å². The number of rotatable bonds is 2. The van der Waals surface area contributed by atoms with Gasteiger partial charge in [0.05, 0.1) is 7.11 Å². The highest BCUT2D eigenvalue weighted by Crippen LogP contribution is 2.30. The predicted molar refractivity (Wildman–Crippen MR) is 40.1 cm³/mol. The second kappa shape index (κ2) is 8.70. The van der Waals surface area contributed by atoms with Crippen LogP contribution in [0.25, 0.3) is 0 Å². The molecule has 8 nitrogen and oxygen atoms in total. The molecule has 0 aliphatic heterocycles. The molecule has 12 heavy (non-hydrogen) atoms. The molecule has 0 heterocycles. The van der Waals surface area contributed by atoms with Gasteiger partial charge in [-0.15, -0.1) is 0 Å². The largest absolute Gasteiger partial charge is 0.453 e. The number of hydrogen-bond acceptors (Lipinski definition) is 5. The van der Waals surface area contributed by atoms with Gasteiger partial charge in [0.1, 0.15) is 0 Å². The highest BCUT2D eigenvalue weighted by molar-refractivity contribution is 7.46. The SMILES string of the molecule is COC(N)=O.O=[PH](O)O[PH](=O)O. The van der Waals surface area contributed by atoms with E-state index in [1.165, 1.54) is 7.11 Å². The summed E-state index contributed by atoms with van der Waals surface area (Å²) in [6.07, 6.45) is -0.745. The van der Waals surface area contributed by atoms with Crippen molar-refractivity contribution in [3.8, 4) is 0 Å². The zero-order valence-corrected chi connectivity index (χ0v) is 8.01. The van der Waals surface area contributed by atoms with Crippen LogP contribution in [-0.2, 0) is 18.2 Å². The van der Waals surface area contributed by atoms with Gasteiger partial charge in [-0.25, -0.2) is 9.11 Å². The molecule has 4 N–H and O–H groups in total. The Kier molecular flexibility index (Phi) is 10.3. The summed E-state index contributed by atoms with van der Waals surface area (Å²) in [4.78, 5) is 24.8. The third-order valence-corrected chi connectivity index (χ3v) is 1.77. The first kappa shape index (κ1) is 14.2. The van der Waals surface area contributed by atoms with E-state index in [9.17, 15) is 13.9 Å². The number of amides is 1. The average Bonchev–Trinajstić information content (AvgIpc) is 1.85. The molecule has 0 aliphatic rings. The van der Waals surface area contributed by atoms with Crippen LogP contribution in [0.3, 0.4) is 0 Å². The third-order valence-electron chi connectivity index (χ3n) is 0.376. The Morgan fingerprint density at radius 3 is 1.58 bits per heavy atom. The minimum absolute atomic E-state index is 0.745. The fourth-order valence-electron chi connectivity index (χ4n) is 0.0747. The summed E-state index contributed by atoms with van der Waals surface area (Å²) in [5.41, 5.74) is 4.43. The second-order valence-electron chi connectivity index (χ2n) is 1.16. The minimum Gasteiger partial charge on any atom is -0.453 e. The Morgan fingerprint density at radius 1 is 1.33 bits per heavy atom. The van der Waals surface area contributed by atoms with Crippen LogP contribution in [0.1, 0.15) is 0 Å². The summed E-state index contributed by atoms with van der Waals surface area (Å²) >= 11 is 0. The monoisotopic (exact) mass is 221 g/mol. The van der Waals surface area contributed by atoms with Gasteiger partial charge in [-0.2, -0.15) is 0 Å². The van der Waals surface area contributed by atoms with Crippen molar-refractivity contribution in [1.82, 2.24) is 0 Å². The van der Waals surface area contributed by atoms with Gasteiger partial charge in [0.25, 0.3) is 0 Å². The van der Waals surface area contributed by atoms with Gasteiger partial charge in [-0.1, -0.05) is 0 Å². The Hall–Kier alpha value is -0.390. The number of nitrogens with two attached hydrogens (primary N) is 1. The summed E-state index contributed by atoms with van der Waals surface area (Å²) in [5, 5.41) is 0. The topological polar surface area (TPSA) is 136 Å². The van der Waals surface area contributed by atoms with Gasteiger partial charge in [0.2, 0.25) is 0 Å². The summed E-state index contributed by atoms with van der Waals surface area (Å²) in [6, 6.07) is 0. The molecule has 74 valence electrons. The van der Waals surface area contributed by atoms with Crippen LogP contribution in [0.15, 0.2) is 0 Å². The molecule has 0 spiro atoms. The molecule has 0 aromatic rings. The molecule has 0 aliphatic carbocycles. The molecule has 0 fully saturated rings. The lowest BCUT2D eigenvalue weighted by Crippen LogP contribution is -2.08. The van der Waals surface area contributed by atoms with E-state index in [1.54, 1.807) is 0 Å². The van der Waals surface area contributed by atoms with Crippen molar-refractivity contribution < 1.29 is 32.8 Å². The summed E-state index contributed by atoms with van der Waals surface area (Å²) in [5.74, 6) is 0. The van der Waals surface area contributed by atoms with E-state index in [-0.39, 0.29) is 0 Å². The van der Waals surface area contributed by atoms with Crippen LogP contribution in [-0.4, -0.2) is 23.0 Å². The molecule has 0 saturated carbocycles. The lowest BCUT2D eigenvalue weighted by molar-refractivity contribution is 0.182. The molecule has 0 rings (SSSR count). The Morgan fingerprint density at radius 2 is 1.58 bits per heavy atom. The molecule has 0 radical (unpaired) electrons. The fourth-order valence-corrected chi connectivity index (χ4v) is 0.672. The van der Waals surface area contributed by atoms with Crippen molar-refractivity contribution in [1.29, 1.82) is 0 Å². The highest BCUT2D eigenvalue weighted by atomic mass is 31.2. The number of methoxy groups -OCH3 is 1. The first-order valence-corrected chi connectivity index (χ1v) is 4.90. The van der Waals surface area contributed by atoms with Gasteiger partial charge < -0.3 is 20.3 Å². The second-order valence-corrected chi connectivity index (χ2v) is 3.04. The summed E-state index contributed by atoms with van der Waals surface area (Å²) in [7, 11) is -5.18. The zero-order chi connectivity index (χ0) is 10.1. The van der Waals surface area contributed by atoms with Gasteiger partial charge in [0.15, 0.2) is 0 Å². The van der Waals surface area contributed by atoms with E-state index in [1.807, 2.05) is 0 Å². The van der Waals surface area contributed by atoms with Crippen molar-refractivity contribution in [2.24, 2.45) is 5.73 Å². The fraction of sp³-hybridized carbons (Fsp3) is 0.500. The lowest BCUT2D eigenvalue weighted by Gasteiger charge is -1.86. The number of hydrogen-bond donors (Lipinski definition) is 3. The van der Waals surface area contributed by atoms with Gasteiger partial charge in [-0.05, 0) is 0 Å². The van der Waals surface area contributed by atoms with Crippen LogP contribution in [0.2, 0.25) is 0 Å². The Bertz CT molecular complexity index is 168. The average molecular weight is 221 g/mol. The van der Waals surface area contributed by atoms with E-state index in [0.29, 0.717) is 0 Å². The first-order chi connectivity index (χ1) is 5.40. The molecule has 0 saturated heterocycles. The summed E-state index contributed by atoms with van der Waals surface area (Å²) in [6.45, 7) is 0. The minimum atomic E-state index is -3.20. The smallest absolute Gasteiger partial charge is 0.404 e. The van der Waals surface area contributed by atoms with Crippen LogP contribution >= 0.6 is 16.5 Å². The third kappa shape index (κ3) is 22.6. The molecule has 0 bridgehead atoms. The van der Waals surface area contributed by atoms with E-state index >= 15 is 0 Å². The van der Waals surface area contributed by atoms with Crippen LogP contribution in [0.5, 0.6) is 0 Å². The normalized spacial score (nSPS) is 13.6. The molecular formula is C2H9NO7P2. The molecule has 2 unspecified atom stereocenters. The maximum Gasteiger partial charge on any atom is 0.404 e. The van der Waals surface area contributed by atoms with E-state index < -0.39 is 22.6 Å². The first-order valence-electron chi connectivity index (χ1n) is 2.37. The van der Waals surface area contributed by atoms with E-state index in [2.05, 4.69) is 14.8 Å². The molecule has 1 amide bonds. The zero-order valence-electron chi connectivity index (χ0n) is 6.01. The van der Waals surface area contributed by atoms with E-state index in [0.717, 1.165) is 0 Å². The number of primary amides is 1. The Labute approximate surface area is 69.2 Å². The number of ether oxygens (including phenoxy) is 1. The summed E-state index contributed by atoms with van der Waals surface area (Å²) < 4.78 is 26.2. The van der Waals surface area contributed by atoms with Crippen LogP contribution in [0, 0.1) is 0 Å². The van der Waals surface area contributed by atoms with Gasteiger partial charge in [-0.3, -0.25) is 9.13 Å². The maximum absolute atomic E-state index is 9.44. The molecule has 0 aromatic carbocycles. The number of carbonyl (C=O) groups is 1. The molecule has 10 heteroatoms. The standard InChI is InChI=1S/C2H5NO2.H4O5P2/c1-5-2(3)4;1-6(2)5-7(3)4/h1H3,(H2,3,4);6-7H,(H,1,2)(H,3,4). The van der Waals surface area contributed by atoms with Crippen molar-refractivity contribution in [3.63, 3.8) is 0 Å². The quantitative estimate of drug-likeness (QED) is 0.533. The molecular weight excluding hydrogens is 212 g/mol. The van der Waals surface area contributed by atoms with Crippen molar-refractivity contribution in [2.75, 3.05) is 7.11 Å². The Balaban J connectivity index is 0. The maximum atomic E-state index is 9.44. The van der Waals surface area contributed by atoms with Crippen LogP contribution < -0.4 is 5.73 Å². The number of carbonyl (C=O) groups excluding carboxylic acids is 1.